The number of rotatable bonds is 2. The van der Waals surface area contributed by atoms with Crippen LogP contribution in [0.15, 0.2) is 60.7 Å². The third kappa shape index (κ3) is 2.47. The molecule has 1 aliphatic rings. The summed E-state index contributed by atoms with van der Waals surface area (Å²) in [6.07, 6.45) is 0. The smallest absolute Gasteiger partial charge is 0.244 e. The standard InChI is InChI=1S/C16H13NO2S/c18-15-13(11-7-3-1-4-8-11)20-14(16(19)17-15)12-9-5-2-6-10-12/h1-10,13-14H,(H,17,18,19). The van der Waals surface area contributed by atoms with Crippen molar-refractivity contribution < 1.29 is 9.59 Å². The van der Waals surface area contributed by atoms with E-state index in [-0.39, 0.29) is 22.3 Å². The third-order valence-electron chi connectivity index (χ3n) is 3.20. The van der Waals surface area contributed by atoms with Gasteiger partial charge in [0.05, 0.1) is 0 Å². The summed E-state index contributed by atoms with van der Waals surface area (Å²) >= 11 is 1.39. The highest BCUT2D eigenvalue weighted by Gasteiger charge is 2.36. The number of amides is 2. The van der Waals surface area contributed by atoms with Gasteiger partial charge in [-0.1, -0.05) is 60.7 Å². The predicted octanol–water partition coefficient (Wildman–Crippen LogP) is 2.86. The molecule has 0 bridgehead atoms. The number of carbonyl (C=O) groups excluding carboxylic acids is 2. The molecular formula is C16H13NO2S. The van der Waals surface area contributed by atoms with E-state index in [0.29, 0.717) is 0 Å². The van der Waals surface area contributed by atoms with E-state index in [1.807, 2.05) is 60.7 Å². The number of nitrogens with one attached hydrogen (secondary N) is 1. The Labute approximate surface area is 121 Å². The number of hydrogen-bond donors (Lipinski definition) is 1. The molecule has 2 amide bonds. The van der Waals surface area contributed by atoms with Crippen molar-refractivity contribution in [3.63, 3.8) is 0 Å². The first kappa shape index (κ1) is 12.9. The first-order valence-electron chi connectivity index (χ1n) is 6.36. The van der Waals surface area contributed by atoms with Gasteiger partial charge in [0.2, 0.25) is 11.8 Å². The van der Waals surface area contributed by atoms with Gasteiger partial charge >= 0.3 is 0 Å². The topological polar surface area (TPSA) is 46.2 Å². The zero-order chi connectivity index (χ0) is 13.9. The fourth-order valence-corrected chi connectivity index (χ4v) is 3.49. The number of hydrogen-bond acceptors (Lipinski definition) is 3. The molecule has 3 rings (SSSR count). The Morgan fingerprint density at radius 1 is 0.700 bits per heavy atom. The van der Waals surface area contributed by atoms with Crippen LogP contribution in [0.3, 0.4) is 0 Å². The molecule has 1 aliphatic heterocycles. The number of benzene rings is 2. The van der Waals surface area contributed by atoms with Crippen LogP contribution in [0.4, 0.5) is 0 Å². The van der Waals surface area contributed by atoms with Crippen molar-refractivity contribution in [2.45, 2.75) is 10.5 Å². The van der Waals surface area contributed by atoms with Crippen molar-refractivity contribution in [2.75, 3.05) is 0 Å². The largest absolute Gasteiger partial charge is 0.294 e. The quantitative estimate of drug-likeness (QED) is 0.862. The van der Waals surface area contributed by atoms with E-state index in [4.69, 9.17) is 0 Å². The Hall–Kier alpha value is -2.07. The van der Waals surface area contributed by atoms with Crippen molar-refractivity contribution in [3.8, 4) is 0 Å². The summed E-state index contributed by atoms with van der Waals surface area (Å²) in [5.41, 5.74) is 1.84. The molecule has 2 unspecified atom stereocenters. The third-order valence-corrected chi connectivity index (χ3v) is 4.72. The van der Waals surface area contributed by atoms with Gasteiger partial charge in [-0.25, -0.2) is 0 Å². The highest BCUT2D eigenvalue weighted by atomic mass is 32.2. The van der Waals surface area contributed by atoms with Crippen LogP contribution in [0, 0.1) is 0 Å². The minimum Gasteiger partial charge on any atom is -0.294 e. The molecule has 2 aromatic carbocycles. The van der Waals surface area contributed by atoms with Gasteiger partial charge in [0.25, 0.3) is 0 Å². The van der Waals surface area contributed by atoms with E-state index >= 15 is 0 Å². The van der Waals surface area contributed by atoms with E-state index in [1.54, 1.807) is 0 Å². The lowest BCUT2D eigenvalue weighted by molar-refractivity contribution is -0.130. The van der Waals surface area contributed by atoms with Gasteiger partial charge in [-0.3, -0.25) is 14.9 Å². The molecule has 1 heterocycles. The van der Waals surface area contributed by atoms with Gasteiger partial charge in [0.1, 0.15) is 10.5 Å². The monoisotopic (exact) mass is 283 g/mol. The van der Waals surface area contributed by atoms with E-state index in [1.165, 1.54) is 11.8 Å². The Balaban J connectivity index is 1.91. The van der Waals surface area contributed by atoms with E-state index in [9.17, 15) is 9.59 Å². The van der Waals surface area contributed by atoms with Crippen LogP contribution in [0.5, 0.6) is 0 Å². The van der Waals surface area contributed by atoms with Crippen LogP contribution in [0.2, 0.25) is 0 Å². The first-order valence-corrected chi connectivity index (χ1v) is 7.30. The van der Waals surface area contributed by atoms with Gasteiger partial charge in [-0.2, -0.15) is 0 Å². The van der Waals surface area contributed by atoms with Gasteiger partial charge in [-0.15, -0.1) is 11.8 Å². The Morgan fingerprint density at radius 2 is 1.10 bits per heavy atom. The molecule has 2 atom stereocenters. The fraction of sp³-hybridized carbons (Fsp3) is 0.125. The predicted molar refractivity (Wildman–Crippen MR) is 79.1 cm³/mol. The Kier molecular flexibility index (Phi) is 3.56. The molecule has 1 saturated heterocycles. The molecule has 0 saturated carbocycles. The molecule has 0 aromatic heterocycles. The van der Waals surface area contributed by atoms with E-state index < -0.39 is 0 Å². The molecule has 1 fully saturated rings. The molecule has 100 valence electrons. The van der Waals surface area contributed by atoms with Crippen LogP contribution < -0.4 is 5.32 Å². The van der Waals surface area contributed by atoms with E-state index in [2.05, 4.69) is 5.32 Å². The Morgan fingerprint density at radius 3 is 1.50 bits per heavy atom. The minimum absolute atomic E-state index is 0.238. The van der Waals surface area contributed by atoms with Crippen LogP contribution >= 0.6 is 11.8 Å². The molecule has 4 heteroatoms. The maximum Gasteiger partial charge on any atom is 0.244 e. The van der Waals surface area contributed by atoms with Gasteiger partial charge < -0.3 is 0 Å². The SMILES string of the molecule is O=C1NC(=O)C(c2ccccc2)SC1c1ccccc1. The maximum absolute atomic E-state index is 12.0. The van der Waals surface area contributed by atoms with Gasteiger partial charge in [0.15, 0.2) is 0 Å². The summed E-state index contributed by atoms with van der Waals surface area (Å²) in [5, 5.41) is 1.78. The lowest BCUT2D eigenvalue weighted by Crippen LogP contribution is -2.41. The molecule has 1 N–H and O–H groups in total. The zero-order valence-electron chi connectivity index (χ0n) is 10.7. The summed E-state index contributed by atoms with van der Waals surface area (Å²) in [4.78, 5) is 24.1. The second-order valence-electron chi connectivity index (χ2n) is 4.57. The van der Waals surface area contributed by atoms with Crippen molar-refractivity contribution in [3.05, 3.63) is 71.8 Å². The number of thioether (sulfide) groups is 1. The zero-order valence-corrected chi connectivity index (χ0v) is 11.5. The summed E-state index contributed by atoms with van der Waals surface area (Å²) < 4.78 is 0. The summed E-state index contributed by atoms with van der Waals surface area (Å²) in [6.45, 7) is 0. The number of imide groups is 1. The Bertz CT molecular complexity index is 572. The van der Waals surface area contributed by atoms with Crippen LogP contribution in [-0.2, 0) is 9.59 Å². The molecule has 3 nitrogen and oxygen atoms in total. The van der Waals surface area contributed by atoms with E-state index in [0.717, 1.165) is 11.1 Å². The van der Waals surface area contributed by atoms with Gasteiger partial charge in [0, 0.05) is 0 Å². The first-order chi connectivity index (χ1) is 9.75. The second-order valence-corrected chi connectivity index (χ2v) is 5.79. The minimum atomic E-state index is -0.348. The average molecular weight is 283 g/mol. The molecule has 0 spiro atoms. The highest BCUT2D eigenvalue weighted by molar-refractivity contribution is 8.01. The summed E-state index contributed by atoms with van der Waals surface area (Å²) in [6, 6.07) is 19.1. The highest BCUT2D eigenvalue weighted by Crippen LogP contribution is 2.43. The van der Waals surface area contributed by atoms with Crippen molar-refractivity contribution >= 4 is 23.6 Å². The van der Waals surface area contributed by atoms with Crippen molar-refractivity contribution in [2.24, 2.45) is 0 Å². The van der Waals surface area contributed by atoms with Crippen molar-refractivity contribution in [1.82, 2.24) is 5.32 Å². The van der Waals surface area contributed by atoms with Gasteiger partial charge in [-0.05, 0) is 11.1 Å². The molecule has 0 radical (unpaired) electrons. The molecule has 20 heavy (non-hydrogen) atoms. The summed E-state index contributed by atoms with van der Waals surface area (Å²) in [5.74, 6) is -0.475. The lowest BCUT2D eigenvalue weighted by Gasteiger charge is -2.27. The molecule has 0 aliphatic carbocycles. The molecular weight excluding hydrogens is 270 g/mol. The summed E-state index contributed by atoms with van der Waals surface area (Å²) in [7, 11) is 0. The normalized spacial score (nSPS) is 22.4. The maximum atomic E-state index is 12.0. The second kappa shape index (κ2) is 5.51. The average Bonchev–Trinajstić information content (AvgIpc) is 2.49. The molecule has 2 aromatic rings. The van der Waals surface area contributed by atoms with Crippen LogP contribution in [0.25, 0.3) is 0 Å². The number of carbonyl (C=O) groups is 2. The fourth-order valence-electron chi connectivity index (χ4n) is 2.23. The van der Waals surface area contributed by atoms with Crippen LogP contribution in [-0.4, -0.2) is 11.8 Å². The van der Waals surface area contributed by atoms with Crippen molar-refractivity contribution in [1.29, 1.82) is 0 Å². The van der Waals surface area contributed by atoms with Crippen LogP contribution in [0.1, 0.15) is 21.6 Å². The lowest BCUT2D eigenvalue weighted by atomic mass is 10.1.